The summed E-state index contributed by atoms with van der Waals surface area (Å²) in [6, 6.07) is 21.1. The Morgan fingerprint density at radius 2 is 1.25 bits per heavy atom. The maximum absolute atomic E-state index is 12.5. The summed E-state index contributed by atoms with van der Waals surface area (Å²) in [4.78, 5) is 35.0. The molecular formula is C31H30O9. The molecule has 3 rings (SSSR count). The molecule has 3 aromatic rings. The van der Waals surface area contributed by atoms with Crippen molar-refractivity contribution in [3.8, 4) is 28.4 Å². The largest absolute Gasteiger partial charge is 0.493 e. The third kappa shape index (κ3) is 9.45. The Morgan fingerprint density at radius 1 is 0.700 bits per heavy atom. The Kier molecular flexibility index (Phi) is 11.5. The minimum absolute atomic E-state index is 0.000454. The normalized spacial score (nSPS) is 10.2. The summed E-state index contributed by atoms with van der Waals surface area (Å²) >= 11 is 0. The Labute approximate surface area is 232 Å². The van der Waals surface area contributed by atoms with Gasteiger partial charge in [0.1, 0.15) is 30.5 Å². The molecule has 0 bridgehead atoms. The molecule has 0 spiro atoms. The van der Waals surface area contributed by atoms with Crippen molar-refractivity contribution in [1.82, 2.24) is 0 Å². The van der Waals surface area contributed by atoms with Crippen molar-refractivity contribution in [2.75, 3.05) is 33.0 Å². The highest BCUT2D eigenvalue weighted by atomic mass is 16.6. The van der Waals surface area contributed by atoms with Crippen LogP contribution in [0.25, 0.3) is 11.1 Å². The SMILES string of the molecule is C=CC(=O)OCCOc1ccc(-c2ccc(OC(=O)c3ccc(OCCCOC(=O)C(=C)CO)cc3)cc2)cc1. The van der Waals surface area contributed by atoms with Crippen molar-refractivity contribution in [3.63, 3.8) is 0 Å². The molecule has 0 aromatic heterocycles. The molecule has 0 aliphatic heterocycles. The number of hydrogen-bond acceptors (Lipinski definition) is 9. The van der Waals surface area contributed by atoms with E-state index in [9.17, 15) is 14.4 Å². The van der Waals surface area contributed by atoms with E-state index in [4.69, 9.17) is 28.8 Å². The minimum atomic E-state index is -0.636. The van der Waals surface area contributed by atoms with E-state index < -0.39 is 24.5 Å². The molecule has 0 heterocycles. The second-order valence-electron chi connectivity index (χ2n) is 8.28. The van der Waals surface area contributed by atoms with Crippen molar-refractivity contribution in [2.24, 2.45) is 0 Å². The Bertz CT molecular complexity index is 1290. The van der Waals surface area contributed by atoms with Gasteiger partial charge in [0.05, 0.1) is 31.0 Å². The predicted octanol–water partition coefficient (Wildman–Crippen LogP) is 4.54. The molecule has 9 heteroatoms. The van der Waals surface area contributed by atoms with Gasteiger partial charge in [0.2, 0.25) is 0 Å². The Hall–Kier alpha value is -4.89. The summed E-state index contributed by atoms with van der Waals surface area (Å²) in [5.74, 6) is -0.0273. The average Bonchev–Trinajstić information content (AvgIpc) is 2.99. The van der Waals surface area contributed by atoms with Crippen LogP contribution in [0, 0.1) is 0 Å². The number of esters is 3. The van der Waals surface area contributed by atoms with Crippen molar-refractivity contribution in [3.05, 3.63) is 103 Å². The van der Waals surface area contributed by atoms with Crippen LogP contribution in [0.3, 0.4) is 0 Å². The van der Waals surface area contributed by atoms with E-state index in [2.05, 4.69) is 13.2 Å². The van der Waals surface area contributed by atoms with E-state index >= 15 is 0 Å². The molecule has 0 saturated heterocycles. The molecule has 0 radical (unpaired) electrons. The maximum atomic E-state index is 12.5. The zero-order chi connectivity index (χ0) is 28.7. The molecule has 0 atom stereocenters. The summed E-state index contributed by atoms with van der Waals surface area (Å²) in [7, 11) is 0. The fourth-order valence-corrected chi connectivity index (χ4v) is 3.25. The molecular weight excluding hydrogens is 516 g/mol. The third-order valence-electron chi connectivity index (χ3n) is 5.38. The Morgan fingerprint density at radius 3 is 1.82 bits per heavy atom. The van der Waals surface area contributed by atoms with E-state index in [1.54, 1.807) is 36.4 Å². The number of hydrogen-bond donors (Lipinski definition) is 1. The third-order valence-corrected chi connectivity index (χ3v) is 5.38. The van der Waals surface area contributed by atoms with Gasteiger partial charge in [-0.15, -0.1) is 0 Å². The van der Waals surface area contributed by atoms with Crippen molar-refractivity contribution in [1.29, 1.82) is 0 Å². The van der Waals surface area contributed by atoms with E-state index in [1.165, 1.54) is 0 Å². The van der Waals surface area contributed by atoms with Gasteiger partial charge in [0, 0.05) is 12.5 Å². The average molecular weight is 547 g/mol. The van der Waals surface area contributed by atoms with Crippen molar-refractivity contribution < 1.29 is 43.2 Å². The lowest BCUT2D eigenvalue weighted by Crippen LogP contribution is -2.12. The number of carbonyl (C=O) groups is 3. The number of aliphatic hydroxyl groups is 1. The topological polar surface area (TPSA) is 118 Å². The molecule has 208 valence electrons. The van der Waals surface area contributed by atoms with Crippen LogP contribution < -0.4 is 14.2 Å². The number of carbonyl (C=O) groups excluding carboxylic acids is 3. The molecule has 0 aliphatic rings. The lowest BCUT2D eigenvalue weighted by molar-refractivity contribution is -0.140. The molecule has 0 unspecified atom stereocenters. The van der Waals surface area contributed by atoms with E-state index in [0.29, 0.717) is 35.8 Å². The van der Waals surface area contributed by atoms with Gasteiger partial charge in [-0.1, -0.05) is 37.4 Å². The first kappa shape index (κ1) is 29.7. The molecule has 40 heavy (non-hydrogen) atoms. The first-order valence-corrected chi connectivity index (χ1v) is 12.4. The van der Waals surface area contributed by atoms with E-state index in [0.717, 1.165) is 17.2 Å². The zero-order valence-electron chi connectivity index (χ0n) is 21.9. The highest BCUT2D eigenvalue weighted by Crippen LogP contribution is 2.25. The van der Waals surface area contributed by atoms with Gasteiger partial charge in [-0.05, 0) is 59.7 Å². The van der Waals surface area contributed by atoms with Crippen molar-refractivity contribution >= 4 is 17.9 Å². The molecule has 3 aromatic carbocycles. The molecule has 0 saturated carbocycles. The monoisotopic (exact) mass is 546 g/mol. The van der Waals surface area contributed by atoms with Gasteiger partial charge in [-0.3, -0.25) is 0 Å². The van der Waals surface area contributed by atoms with Crippen LogP contribution in [0.2, 0.25) is 0 Å². The van der Waals surface area contributed by atoms with Crippen LogP contribution in [-0.4, -0.2) is 56.0 Å². The second kappa shape index (κ2) is 15.5. The predicted molar refractivity (Wildman–Crippen MR) is 147 cm³/mol. The number of ether oxygens (including phenoxy) is 5. The number of rotatable bonds is 15. The fraction of sp³-hybridized carbons (Fsp3) is 0.194. The summed E-state index contributed by atoms with van der Waals surface area (Å²) in [5.41, 5.74) is 2.25. The van der Waals surface area contributed by atoms with Gasteiger partial charge in [0.25, 0.3) is 0 Å². The van der Waals surface area contributed by atoms with Crippen LogP contribution in [0.5, 0.6) is 17.2 Å². The minimum Gasteiger partial charge on any atom is -0.493 e. The van der Waals surface area contributed by atoms with Crippen LogP contribution in [0.4, 0.5) is 0 Å². The van der Waals surface area contributed by atoms with Gasteiger partial charge in [0.15, 0.2) is 0 Å². The maximum Gasteiger partial charge on any atom is 0.343 e. The van der Waals surface area contributed by atoms with Crippen LogP contribution in [0.15, 0.2) is 97.6 Å². The molecule has 0 fully saturated rings. The highest BCUT2D eigenvalue weighted by Gasteiger charge is 2.10. The standard InChI is InChI=1S/C31H30O9/c1-3-29(33)38-20-19-37-27-11-5-23(6-12-27)24-7-15-28(16-8-24)40-31(35)25-9-13-26(14-10-25)36-17-4-18-39-30(34)22(2)21-32/h3,5-16,32H,1-2,4,17-21H2. The lowest BCUT2D eigenvalue weighted by Gasteiger charge is -2.09. The van der Waals surface area contributed by atoms with Crippen LogP contribution >= 0.6 is 0 Å². The van der Waals surface area contributed by atoms with Gasteiger partial charge in [-0.2, -0.15) is 0 Å². The van der Waals surface area contributed by atoms with Gasteiger partial charge >= 0.3 is 17.9 Å². The second-order valence-corrected chi connectivity index (χ2v) is 8.28. The van der Waals surface area contributed by atoms with Crippen LogP contribution in [0.1, 0.15) is 16.8 Å². The molecule has 1 N–H and O–H groups in total. The lowest BCUT2D eigenvalue weighted by atomic mass is 10.1. The number of aliphatic hydroxyl groups excluding tert-OH is 1. The summed E-state index contributed by atoms with van der Waals surface area (Å²) in [5, 5.41) is 8.83. The summed E-state index contributed by atoms with van der Waals surface area (Å²) < 4.78 is 26.4. The fourth-order valence-electron chi connectivity index (χ4n) is 3.25. The molecule has 0 aliphatic carbocycles. The Balaban J connectivity index is 1.42. The van der Waals surface area contributed by atoms with Crippen LogP contribution in [-0.2, 0) is 19.1 Å². The van der Waals surface area contributed by atoms with Crippen molar-refractivity contribution in [2.45, 2.75) is 6.42 Å². The smallest absolute Gasteiger partial charge is 0.343 e. The summed E-state index contributed by atoms with van der Waals surface area (Å²) in [6.45, 7) is 7.09. The van der Waals surface area contributed by atoms with E-state index in [-0.39, 0.29) is 25.4 Å². The quantitative estimate of drug-likeness (QED) is 0.127. The molecule has 9 nitrogen and oxygen atoms in total. The first-order chi connectivity index (χ1) is 19.4. The highest BCUT2D eigenvalue weighted by molar-refractivity contribution is 5.91. The van der Waals surface area contributed by atoms with E-state index in [1.807, 2.05) is 36.4 Å². The first-order valence-electron chi connectivity index (χ1n) is 12.4. The number of benzene rings is 3. The zero-order valence-corrected chi connectivity index (χ0v) is 21.9. The van der Waals surface area contributed by atoms with Gasteiger partial charge < -0.3 is 28.8 Å². The van der Waals surface area contributed by atoms with Gasteiger partial charge in [-0.25, -0.2) is 14.4 Å². The molecule has 0 amide bonds. The summed E-state index contributed by atoms with van der Waals surface area (Å²) in [6.07, 6.45) is 1.56.